The average Bonchev–Trinajstić information content (AvgIpc) is 3.90. The number of carbonyl (C=O) groups excluding carboxylic acids is 4. The lowest BCUT2D eigenvalue weighted by Gasteiger charge is -2.23. The summed E-state index contributed by atoms with van der Waals surface area (Å²) < 4.78 is 32.9. The number of anilines is 1. The summed E-state index contributed by atoms with van der Waals surface area (Å²) in [6.45, 7) is 9.78. The van der Waals surface area contributed by atoms with Crippen LogP contribution in [-0.2, 0) is 29.1 Å². The van der Waals surface area contributed by atoms with Gasteiger partial charge in [0.1, 0.15) is 16.7 Å². The Morgan fingerprint density at radius 2 is 1.85 bits per heavy atom. The number of rotatable bonds is 15. The minimum absolute atomic E-state index is 0.0396. The van der Waals surface area contributed by atoms with E-state index in [0.717, 1.165) is 35.4 Å². The third-order valence-corrected chi connectivity index (χ3v) is 11.5. The summed E-state index contributed by atoms with van der Waals surface area (Å²) in [4.78, 5) is 57.9. The fourth-order valence-electron chi connectivity index (χ4n) is 6.04. The molecule has 0 spiro atoms. The highest BCUT2D eigenvalue weighted by Crippen LogP contribution is 2.46. The van der Waals surface area contributed by atoms with Gasteiger partial charge in [0.05, 0.1) is 22.8 Å². The van der Waals surface area contributed by atoms with E-state index in [-0.39, 0.29) is 25.2 Å². The van der Waals surface area contributed by atoms with E-state index < -0.39 is 62.6 Å². The van der Waals surface area contributed by atoms with Crippen LogP contribution < -0.4 is 20.7 Å². The molecule has 0 radical (unpaired) electrons. The molecule has 0 saturated heterocycles. The van der Waals surface area contributed by atoms with Crippen LogP contribution in [0.4, 0.5) is 10.5 Å². The van der Waals surface area contributed by atoms with Crippen molar-refractivity contribution >= 4 is 50.9 Å². The van der Waals surface area contributed by atoms with Gasteiger partial charge in [-0.05, 0) is 70.4 Å². The van der Waals surface area contributed by atoms with Crippen LogP contribution >= 0.6 is 11.3 Å². The van der Waals surface area contributed by atoms with Gasteiger partial charge in [0, 0.05) is 29.6 Å². The van der Waals surface area contributed by atoms with Gasteiger partial charge in [-0.1, -0.05) is 23.8 Å². The number of sulfonamides is 1. The normalized spacial score (nSPS) is 24.9. The zero-order chi connectivity index (χ0) is 33.8. The van der Waals surface area contributed by atoms with E-state index in [2.05, 4.69) is 38.8 Å². The van der Waals surface area contributed by atoms with Crippen molar-refractivity contribution in [2.24, 2.45) is 17.8 Å². The maximum absolute atomic E-state index is 13.8. The maximum Gasteiger partial charge on any atom is 0.411 e. The van der Waals surface area contributed by atoms with Gasteiger partial charge in [-0.2, -0.15) is 0 Å². The molecule has 2 aromatic rings. The molecule has 47 heavy (non-hydrogen) atoms. The Kier molecular flexibility index (Phi) is 10.5. The summed E-state index contributed by atoms with van der Waals surface area (Å²) in [5.41, 5.74) is 0.751. The first-order valence-corrected chi connectivity index (χ1v) is 18.3. The first-order chi connectivity index (χ1) is 22.5. The minimum atomic E-state index is -3.85. The summed E-state index contributed by atoms with van der Waals surface area (Å²) in [5.74, 6) is -4.00. The largest absolute Gasteiger partial charge is 0.446 e. The van der Waals surface area contributed by atoms with Crippen molar-refractivity contribution in [3.05, 3.63) is 60.6 Å². The molecule has 0 aliphatic heterocycles. The molecule has 5 atom stereocenters. The SMILES string of the molecule is C=CCCCCNC(=O)C1CC(OC(=O)Nc2ccc(C)cc2-c2nccs2)CC1C(=O)NC1(C(=O)NS(=O)(=O)C2CC2)CC1C=C. The number of aromatic nitrogens is 1. The van der Waals surface area contributed by atoms with Crippen LogP contribution in [0, 0.1) is 24.7 Å². The Hall–Kier alpha value is -4.04. The van der Waals surface area contributed by atoms with E-state index in [0.29, 0.717) is 25.1 Å². The second kappa shape index (κ2) is 14.4. The van der Waals surface area contributed by atoms with E-state index in [1.807, 2.05) is 24.4 Å². The fraction of sp³-hybridized carbons (Fsp3) is 0.485. The van der Waals surface area contributed by atoms with Crippen molar-refractivity contribution in [2.75, 3.05) is 11.9 Å². The number of benzene rings is 1. The average molecular weight is 684 g/mol. The molecule has 252 valence electrons. The van der Waals surface area contributed by atoms with Crippen LogP contribution in [0.2, 0.25) is 0 Å². The first kappa shape index (κ1) is 34.3. The maximum atomic E-state index is 13.8. The van der Waals surface area contributed by atoms with E-state index in [4.69, 9.17) is 4.74 Å². The number of allylic oxidation sites excluding steroid dienone is 1. The lowest BCUT2D eigenvalue weighted by Crippen LogP contribution is -2.54. The molecule has 4 N–H and O–H groups in total. The van der Waals surface area contributed by atoms with Gasteiger partial charge in [0.25, 0.3) is 5.91 Å². The van der Waals surface area contributed by atoms with Gasteiger partial charge < -0.3 is 15.4 Å². The number of carbonyl (C=O) groups is 4. The lowest BCUT2D eigenvalue weighted by atomic mass is 9.93. The number of amides is 4. The molecule has 1 aromatic heterocycles. The van der Waals surface area contributed by atoms with Crippen molar-refractivity contribution in [3.8, 4) is 10.6 Å². The number of nitrogens with one attached hydrogen (secondary N) is 4. The van der Waals surface area contributed by atoms with Gasteiger partial charge in [-0.25, -0.2) is 18.2 Å². The van der Waals surface area contributed by atoms with Crippen molar-refractivity contribution in [2.45, 2.75) is 75.2 Å². The van der Waals surface area contributed by atoms with Crippen molar-refractivity contribution in [1.29, 1.82) is 0 Å². The van der Waals surface area contributed by atoms with Crippen molar-refractivity contribution < 1.29 is 32.3 Å². The minimum Gasteiger partial charge on any atom is -0.446 e. The zero-order valence-electron chi connectivity index (χ0n) is 26.3. The predicted octanol–water partition coefficient (Wildman–Crippen LogP) is 4.20. The molecule has 3 aliphatic rings. The quantitative estimate of drug-likeness (QED) is 0.160. The molecule has 3 aliphatic carbocycles. The topological polar surface area (TPSA) is 173 Å². The van der Waals surface area contributed by atoms with Gasteiger partial charge in [-0.15, -0.1) is 24.5 Å². The first-order valence-electron chi connectivity index (χ1n) is 15.8. The summed E-state index contributed by atoms with van der Waals surface area (Å²) >= 11 is 1.43. The van der Waals surface area contributed by atoms with E-state index >= 15 is 0 Å². The smallest absolute Gasteiger partial charge is 0.411 e. The third kappa shape index (κ3) is 8.10. The van der Waals surface area contributed by atoms with Crippen LogP contribution in [0.25, 0.3) is 10.6 Å². The number of unbranched alkanes of at least 4 members (excludes halogenated alkanes) is 2. The number of thiazole rings is 1. The fourth-order valence-corrected chi connectivity index (χ4v) is 8.08. The van der Waals surface area contributed by atoms with E-state index in [1.54, 1.807) is 18.3 Å². The number of hydrogen-bond acceptors (Lipinski definition) is 9. The summed E-state index contributed by atoms with van der Waals surface area (Å²) in [7, 11) is -3.85. The Morgan fingerprint density at radius 1 is 1.11 bits per heavy atom. The highest BCUT2D eigenvalue weighted by atomic mass is 32.2. The highest BCUT2D eigenvalue weighted by Gasteiger charge is 2.62. The molecule has 5 rings (SSSR count). The summed E-state index contributed by atoms with van der Waals surface area (Å²) in [6, 6.07) is 5.53. The van der Waals surface area contributed by atoms with Crippen LogP contribution in [-0.4, -0.2) is 60.7 Å². The Balaban J connectivity index is 1.29. The highest BCUT2D eigenvalue weighted by molar-refractivity contribution is 7.91. The van der Waals surface area contributed by atoms with Gasteiger partial charge in [-0.3, -0.25) is 24.4 Å². The zero-order valence-corrected chi connectivity index (χ0v) is 28.0. The number of nitrogens with zero attached hydrogens (tertiary/aromatic N) is 1. The Bertz CT molecular complexity index is 1640. The monoisotopic (exact) mass is 683 g/mol. The second-order valence-electron chi connectivity index (χ2n) is 12.5. The standard InChI is InChI=1S/C33H41N5O7S2/c1-4-6-7-8-13-34-28(39)24-17-22(45-32(42)36-27-12-9-20(3)16-26(27)30-35-14-15-46-30)18-25(24)29(40)37-33(19-21(33)5-2)31(41)38-47(43,44)23-10-11-23/h4-5,9,12,14-16,21-25H,1-2,6-8,10-11,13,17-19H2,3H3,(H,34,39)(H,36,42)(H,37,40)(H,38,41). The van der Waals surface area contributed by atoms with E-state index in [9.17, 15) is 27.6 Å². The molecule has 1 aromatic carbocycles. The predicted molar refractivity (Wildman–Crippen MR) is 179 cm³/mol. The van der Waals surface area contributed by atoms with Crippen molar-refractivity contribution in [1.82, 2.24) is 20.3 Å². The second-order valence-corrected chi connectivity index (χ2v) is 15.3. The molecule has 0 bridgehead atoms. The van der Waals surface area contributed by atoms with Crippen LogP contribution in [0.15, 0.2) is 55.1 Å². The number of ether oxygens (including phenoxy) is 1. The molecule has 3 saturated carbocycles. The molecule has 12 nitrogen and oxygen atoms in total. The number of aryl methyl sites for hydroxylation is 1. The van der Waals surface area contributed by atoms with Crippen LogP contribution in [0.5, 0.6) is 0 Å². The molecule has 3 fully saturated rings. The van der Waals surface area contributed by atoms with Gasteiger partial charge >= 0.3 is 6.09 Å². The summed E-state index contributed by atoms with van der Waals surface area (Å²) in [6.07, 6.45) is 7.13. The van der Waals surface area contributed by atoms with Gasteiger partial charge in [0.15, 0.2) is 0 Å². The molecule has 1 heterocycles. The Morgan fingerprint density at radius 3 is 2.49 bits per heavy atom. The van der Waals surface area contributed by atoms with Crippen molar-refractivity contribution in [3.63, 3.8) is 0 Å². The molecular weight excluding hydrogens is 643 g/mol. The summed E-state index contributed by atoms with van der Waals surface area (Å²) in [5, 5.41) is 10.4. The number of hydrogen-bond donors (Lipinski definition) is 4. The van der Waals surface area contributed by atoms with Gasteiger partial charge in [0.2, 0.25) is 21.8 Å². The van der Waals surface area contributed by atoms with Crippen LogP contribution in [0.1, 0.15) is 56.9 Å². The molecule has 4 amide bonds. The molecule has 5 unspecified atom stereocenters. The third-order valence-electron chi connectivity index (χ3n) is 8.92. The molecule has 14 heteroatoms. The Labute approximate surface area is 278 Å². The van der Waals surface area contributed by atoms with Crippen LogP contribution in [0.3, 0.4) is 0 Å². The molecular formula is C33H41N5O7S2. The van der Waals surface area contributed by atoms with E-state index in [1.165, 1.54) is 17.4 Å². The lowest BCUT2D eigenvalue weighted by molar-refractivity contribution is -0.136.